The number of likely N-dealkylation sites (tertiary alicyclic amines) is 1. The van der Waals surface area contributed by atoms with Crippen molar-refractivity contribution in [2.45, 2.75) is 44.6 Å². The van der Waals surface area contributed by atoms with E-state index in [1.165, 1.54) is 12.8 Å². The molecule has 0 radical (unpaired) electrons. The molecule has 0 aliphatic carbocycles. The summed E-state index contributed by atoms with van der Waals surface area (Å²) in [5.41, 5.74) is 0. The highest BCUT2D eigenvalue weighted by Crippen LogP contribution is 2.14. The molecule has 0 spiro atoms. The summed E-state index contributed by atoms with van der Waals surface area (Å²) < 4.78 is 23.0. The van der Waals surface area contributed by atoms with Gasteiger partial charge in [0, 0.05) is 19.1 Å². The fraction of sp³-hybridized carbons (Fsp3) is 0.917. The SMILES string of the molecule is O=C(NC1CCCS(=O)(=O)C1)N1CCCCCC1. The number of rotatable bonds is 1. The van der Waals surface area contributed by atoms with E-state index in [0.717, 1.165) is 32.4 Å². The van der Waals surface area contributed by atoms with Gasteiger partial charge in [-0.15, -0.1) is 0 Å². The lowest BCUT2D eigenvalue weighted by Gasteiger charge is -2.27. The van der Waals surface area contributed by atoms with Crippen LogP contribution in [0.3, 0.4) is 0 Å². The molecule has 18 heavy (non-hydrogen) atoms. The lowest BCUT2D eigenvalue weighted by Crippen LogP contribution is -2.49. The zero-order valence-electron chi connectivity index (χ0n) is 10.7. The van der Waals surface area contributed by atoms with E-state index in [9.17, 15) is 13.2 Å². The van der Waals surface area contributed by atoms with Crippen LogP contribution in [0, 0.1) is 0 Å². The molecule has 2 rings (SSSR count). The third kappa shape index (κ3) is 3.86. The van der Waals surface area contributed by atoms with Gasteiger partial charge in [-0.3, -0.25) is 0 Å². The molecule has 1 unspecified atom stereocenters. The highest BCUT2D eigenvalue weighted by atomic mass is 32.2. The monoisotopic (exact) mass is 274 g/mol. The van der Waals surface area contributed by atoms with Crippen molar-refractivity contribution in [3.63, 3.8) is 0 Å². The molecule has 1 atom stereocenters. The molecule has 2 aliphatic rings. The Bertz CT molecular complexity index is 386. The minimum absolute atomic E-state index is 0.0843. The Morgan fingerprint density at radius 1 is 1.06 bits per heavy atom. The fourth-order valence-electron chi connectivity index (χ4n) is 2.68. The maximum absolute atomic E-state index is 12.1. The van der Waals surface area contributed by atoms with Crippen molar-refractivity contribution in [3.05, 3.63) is 0 Å². The lowest BCUT2D eigenvalue weighted by atomic mass is 10.2. The van der Waals surface area contributed by atoms with Crippen LogP contribution >= 0.6 is 0 Å². The van der Waals surface area contributed by atoms with Gasteiger partial charge in [0.25, 0.3) is 0 Å². The van der Waals surface area contributed by atoms with E-state index in [2.05, 4.69) is 5.32 Å². The van der Waals surface area contributed by atoms with Gasteiger partial charge in [0.1, 0.15) is 0 Å². The summed E-state index contributed by atoms with van der Waals surface area (Å²) in [7, 11) is -2.95. The Hall–Kier alpha value is -0.780. The maximum Gasteiger partial charge on any atom is 0.317 e. The van der Waals surface area contributed by atoms with E-state index in [0.29, 0.717) is 6.42 Å². The molecule has 0 aromatic heterocycles. The highest BCUT2D eigenvalue weighted by Gasteiger charge is 2.27. The Morgan fingerprint density at radius 3 is 2.33 bits per heavy atom. The molecule has 5 nitrogen and oxygen atoms in total. The first-order valence-corrected chi connectivity index (χ1v) is 8.65. The molecule has 104 valence electrons. The van der Waals surface area contributed by atoms with Crippen LogP contribution in [0.4, 0.5) is 4.79 Å². The van der Waals surface area contributed by atoms with Gasteiger partial charge in [-0.25, -0.2) is 13.2 Å². The van der Waals surface area contributed by atoms with Gasteiger partial charge < -0.3 is 10.2 Å². The molecule has 6 heteroatoms. The van der Waals surface area contributed by atoms with Crippen LogP contribution in [-0.2, 0) is 9.84 Å². The summed E-state index contributed by atoms with van der Waals surface area (Å²) in [6.45, 7) is 1.59. The number of hydrogen-bond acceptors (Lipinski definition) is 3. The molecule has 0 aromatic rings. The van der Waals surface area contributed by atoms with Crippen LogP contribution in [0.25, 0.3) is 0 Å². The Morgan fingerprint density at radius 2 is 1.72 bits per heavy atom. The van der Waals surface area contributed by atoms with Crippen LogP contribution in [0.15, 0.2) is 0 Å². The maximum atomic E-state index is 12.1. The average molecular weight is 274 g/mol. The minimum atomic E-state index is -2.95. The summed E-state index contributed by atoms with van der Waals surface area (Å²) in [4.78, 5) is 13.9. The zero-order chi connectivity index (χ0) is 13.0. The molecule has 2 amide bonds. The molecule has 2 saturated heterocycles. The molecular weight excluding hydrogens is 252 g/mol. The third-order valence-corrected chi connectivity index (χ3v) is 5.50. The standard InChI is InChI=1S/C12H22N2O3S/c15-12(14-7-3-1-2-4-8-14)13-11-6-5-9-18(16,17)10-11/h11H,1-10H2,(H,13,15). The quantitative estimate of drug-likeness (QED) is 0.780. The Labute approximate surface area is 109 Å². The fourth-order valence-corrected chi connectivity index (χ4v) is 4.31. The predicted octanol–water partition coefficient (Wildman–Crippen LogP) is 1.15. The first-order valence-electron chi connectivity index (χ1n) is 6.83. The number of carbonyl (C=O) groups is 1. The van der Waals surface area contributed by atoms with Crippen LogP contribution in [0.5, 0.6) is 0 Å². The van der Waals surface area contributed by atoms with Gasteiger partial charge in [0.2, 0.25) is 0 Å². The van der Waals surface area contributed by atoms with Gasteiger partial charge in [0.15, 0.2) is 9.84 Å². The molecule has 1 N–H and O–H groups in total. The van der Waals surface area contributed by atoms with Crippen LogP contribution in [-0.4, -0.2) is 50.0 Å². The summed E-state index contributed by atoms with van der Waals surface area (Å²) in [6, 6.07) is -0.279. The van der Waals surface area contributed by atoms with E-state index in [1.54, 1.807) is 0 Å². The smallest absolute Gasteiger partial charge is 0.317 e. The molecule has 2 aliphatic heterocycles. The van der Waals surface area contributed by atoms with E-state index >= 15 is 0 Å². The number of nitrogens with one attached hydrogen (secondary N) is 1. The summed E-state index contributed by atoms with van der Waals surface area (Å²) in [5.74, 6) is 0.371. The van der Waals surface area contributed by atoms with Crippen molar-refractivity contribution in [3.8, 4) is 0 Å². The van der Waals surface area contributed by atoms with Crippen LogP contribution in [0.1, 0.15) is 38.5 Å². The summed E-state index contributed by atoms with van der Waals surface area (Å²) >= 11 is 0. The van der Waals surface area contributed by atoms with Gasteiger partial charge in [-0.1, -0.05) is 12.8 Å². The van der Waals surface area contributed by atoms with Crippen molar-refractivity contribution >= 4 is 15.9 Å². The molecule has 0 aromatic carbocycles. The van der Waals surface area contributed by atoms with Crippen molar-refractivity contribution in [1.29, 1.82) is 0 Å². The first kappa shape index (κ1) is 13.6. The van der Waals surface area contributed by atoms with Gasteiger partial charge >= 0.3 is 6.03 Å². The number of urea groups is 1. The van der Waals surface area contributed by atoms with E-state index in [4.69, 9.17) is 0 Å². The second-order valence-corrected chi connectivity index (χ2v) is 7.53. The van der Waals surface area contributed by atoms with Crippen molar-refractivity contribution in [1.82, 2.24) is 10.2 Å². The van der Waals surface area contributed by atoms with Crippen LogP contribution in [0.2, 0.25) is 0 Å². The van der Waals surface area contributed by atoms with E-state index < -0.39 is 9.84 Å². The van der Waals surface area contributed by atoms with Crippen LogP contribution < -0.4 is 5.32 Å². The number of sulfone groups is 1. The third-order valence-electron chi connectivity index (χ3n) is 3.68. The second-order valence-electron chi connectivity index (χ2n) is 5.30. The number of amides is 2. The highest BCUT2D eigenvalue weighted by molar-refractivity contribution is 7.91. The van der Waals surface area contributed by atoms with Crippen molar-refractivity contribution < 1.29 is 13.2 Å². The first-order chi connectivity index (χ1) is 8.57. The lowest BCUT2D eigenvalue weighted by molar-refractivity contribution is 0.195. The number of nitrogens with zero attached hydrogens (tertiary/aromatic N) is 1. The van der Waals surface area contributed by atoms with Gasteiger partial charge in [0.05, 0.1) is 11.5 Å². The number of carbonyl (C=O) groups excluding carboxylic acids is 1. The molecule has 2 heterocycles. The molecular formula is C12H22N2O3S. The van der Waals surface area contributed by atoms with Gasteiger partial charge in [-0.2, -0.15) is 0 Å². The predicted molar refractivity (Wildman–Crippen MR) is 70.2 cm³/mol. The molecule has 0 saturated carbocycles. The summed E-state index contributed by atoms with van der Waals surface area (Å²) in [5, 5.41) is 2.88. The Kier molecular flexibility index (Phi) is 4.48. The second kappa shape index (κ2) is 5.91. The zero-order valence-corrected chi connectivity index (χ0v) is 11.5. The van der Waals surface area contributed by atoms with Crippen molar-refractivity contribution in [2.24, 2.45) is 0 Å². The van der Waals surface area contributed by atoms with E-state index in [-0.39, 0.29) is 23.6 Å². The molecule has 0 bridgehead atoms. The van der Waals surface area contributed by atoms with Gasteiger partial charge in [-0.05, 0) is 25.7 Å². The minimum Gasteiger partial charge on any atom is -0.334 e. The normalized spacial score (nSPS) is 28.4. The Balaban J connectivity index is 1.86. The summed E-state index contributed by atoms with van der Waals surface area (Å²) in [6.07, 6.45) is 5.90. The van der Waals surface area contributed by atoms with E-state index in [1.807, 2.05) is 4.90 Å². The molecule has 2 fully saturated rings. The van der Waals surface area contributed by atoms with Crippen molar-refractivity contribution in [2.75, 3.05) is 24.6 Å². The number of hydrogen-bond donors (Lipinski definition) is 1. The average Bonchev–Trinajstić information content (AvgIpc) is 2.55. The topological polar surface area (TPSA) is 66.5 Å². The largest absolute Gasteiger partial charge is 0.334 e.